The second-order valence-electron chi connectivity index (χ2n) is 4.66. The minimum atomic E-state index is -0.144. The lowest BCUT2D eigenvalue weighted by atomic mass is 10.2. The molecule has 1 amide bonds. The van der Waals surface area contributed by atoms with Crippen LogP contribution in [0.25, 0.3) is 6.08 Å². The van der Waals surface area contributed by atoms with E-state index in [2.05, 4.69) is 0 Å². The second kappa shape index (κ2) is 5.98. The van der Waals surface area contributed by atoms with Gasteiger partial charge >= 0.3 is 0 Å². The van der Waals surface area contributed by atoms with E-state index in [-0.39, 0.29) is 5.91 Å². The average Bonchev–Trinajstić information content (AvgIpc) is 3.03. The second-order valence-corrected chi connectivity index (χ2v) is 6.34. The molecule has 2 aromatic rings. The number of carbonyl (C=O) groups is 1. The first-order valence-electron chi connectivity index (χ1n) is 6.57. The van der Waals surface area contributed by atoms with Crippen LogP contribution in [0.4, 0.5) is 5.69 Å². The Morgan fingerprint density at radius 3 is 2.55 bits per heavy atom. The molecule has 112 valence electrons. The number of hydrogen-bond acceptors (Lipinski definition) is 5. The van der Waals surface area contributed by atoms with Gasteiger partial charge in [0, 0.05) is 6.08 Å². The van der Waals surface area contributed by atoms with Gasteiger partial charge in [0.05, 0.1) is 17.7 Å². The molecule has 1 aromatic heterocycles. The zero-order valence-electron chi connectivity index (χ0n) is 12.0. The fourth-order valence-corrected chi connectivity index (χ4v) is 3.36. The molecule has 4 nitrogen and oxygen atoms in total. The number of furan rings is 1. The minimum Gasteiger partial charge on any atom is -0.497 e. The van der Waals surface area contributed by atoms with E-state index in [9.17, 15) is 4.79 Å². The number of thioether (sulfide) groups is 1. The van der Waals surface area contributed by atoms with Crippen LogP contribution in [0.15, 0.2) is 45.7 Å². The Morgan fingerprint density at radius 1 is 1.23 bits per heavy atom. The summed E-state index contributed by atoms with van der Waals surface area (Å²) < 4.78 is 11.1. The minimum absolute atomic E-state index is 0.144. The molecule has 1 saturated heterocycles. The Balaban J connectivity index is 1.89. The fraction of sp³-hybridized carbons (Fsp3) is 0.125. The normalized spacial score (nSPS) is 16.6. The van der Waals surface area contributed by atoms with Crippen LogP contribution in [-0.2, 0) is 4.79 Å². The Kier molecular flexibility index (Phi) is 4.04. The molecule has 2 heterocycles. The van der Waals surface area contributed by atoms with Crippen LogP contribution in [0.2, 0.25) is 0 Å². The molecule has 1 fully saturated rings. The van der Waals surface area contributed by atoms with Crippen LogP contribution in [0.5, 0.6) is 5.75 Å². The summed E-state index contributed by atoms with van der Waals surface area (Å²) in [6, 6.07) is 10.9. The van der Waals surface area contributed by atoms with Gasteiger partial charge in [-0.2, -0.15) is 0 Å². The molecule has 0 saturated carbocycles. The van der Waals surface area contributed by atoms with Gasteiger partial charge in [-0.15, -0.1) is 0 Å². The van der Waals surface area contributed by atoms with Gasteiger partial charge in [0.2, 0.25) is 0 Å². The third kappa shape index (κ3) is 2.80. The van der Waals surface area contributed by atoms with Gasteiger partial charge in [-0.05, 0) is 43.3 Å². The van der Waals surface area contributed by atoms with E-state index in [0.29, 0.717) is 15.0 Å². The highest BCUT2D eigenvalue weighted by Crippen LogP contribution is 2.36. The van der Waals surface area contributed by atoms with Crippen molar-refractivity contribution in [2.24, 2.45) is 0 Å². The van der Waals surface area contributed by atoms with Crippen LogP contribution in [0, 0.1) is 6.92 Å². The molecular formula is C16H13NO3S2. The highest BCUT2D eigenvalue weighted by atomic mass is 32.2. The van der Waals surface area contributed by atoms with Gasteiger partial charge in [-0.25, -0.2) is 0 Å². The average molecular weight is 331 g/mol. The van der Waals surface area contributed by atoms with Crippen molar-refractivity contribution in [3.05, 3.63) is 52.8 Å². The number of methoxy groups -OCH3 is 1. The maximum atomic E-state index is 12.6. The van der Waals surface area contributed by atoms with Gasteiger partial charge < -0.3 is 9.15 Å². The molecule has 1 aliphatic heterocycles. The molecule has 3 rings (SSSR count). The maximum absolute atomic E-state index is 12.6. The van der Waals surface area contributed by atoms with E-state index in [0.717, 1.165) is 17.2 Å². The van der Waals surface area contributed by atoms with E-state index in [4.69, 9.17) is 21.4 Å². The summed E-state index contributed by atoms with van der Waals surface area (Å²) in [6.07, 6.45) is 1.72. The van der Waals surface area contributed by atoms with Crippen molar-refractivity contribution in [2.75, 3.05) is 12.0 Å². The zero-order valence-corrected chi connectivity index (χ0v) is 13.7. The lowest BCUT2D eigenvalue weighted by Crippen LogP contribution is -2.27. The molecular weight excluding hydrogens is 318 g/mol. The van der Waals surface area contributed by atoms with Gasteiger partial charge in [-0.1, -0.05) is 24.0 Å². The molecule has 1 aromatic carbocycles. The summed E-state index contributed by atoms with van der Waals surface area (Å²) in [5, 5.41) is 0. The first-order chi connectivity index (χ1) is 10.6. The molecule has 0 N–H and O–H groups in total. The summed E-state index contributed by atoms with van der Waals surface area (Å²) >= 11 is 6.59. The van der Waals surface area contributed by atoms with Gasteiger partial charge in [0.25, 0.3) is 5.91 Å². The Morgan fingerprint density at radius 2 is 1.95 bits per heavy atom. The summed E-state index contributed by atoms with van der Waals surface area (Å²) in [5.74, 6) is 2.04. The SMILES string of the molecule is COc1ccc(N2C(=O)C(=Cc3ccc(C)o3)SC2=S)cc1. The van der Waals surface area contributed by atoms with E-state index in [1.807, 2.05) is 31.2 Å². The Bertz CT molecular complexity index is 762. The number of rotatable bonds is 3. The number of hydrogen-bond donors (Lipinski definition) is 0. The van der Waals surface area contributed by atoms with Crippen LogP contribution in [0.3, 0.4) is 0 Å². The predicted octanol–water partition coefficient (Wildman–Crippen LogP) is 4.00. The van der Waals surface area contributed by atoms with Crippen molar-refractivity contribution in [1.29, 1.82) is 0 Å². The molecule has 6 heteroatoms. The van der Waals surface area contributed by atoms with Crippen molar-refractivity contribution in [2.45, 2.75) is 6.92 Å². The third-order valence-corrected chi connectivity index (χ3v) is 4.46. The van der Waals surface area contributed by atoms with E-state index < -0.39 is 0 Å². The van der Waals surface area contributed by atoms with Crippen LogP contribution < -0.4 is 9.64 Å². The molecule has 0 unspecified atom stereocenters. The molecule has 0 bridgehead atoms. The van der Waals surface area contributed by atoms with Gasteiger partial charge in [-0.3, -0.25) is 9.69 Å². The van der Waals surface area contributed by atoms with Crippen LogP contribution in [0.1, 0.15) is 11.5 Å². The topological polar surface area (TPSA) is 42.7 Å². The van der Waals surface area contributed by atoms with E-state index >= 15 is 0 Å². The van der Waals surface area contributed by atoms with Crippen molar-refractivity contribution in [3.63, 3.8) is 0 Å². The fourth-order valence-electron chi connectivity index (χ4n) is 2.08. The van der Waals surface area contributed by atoms with E-state index in [1.54, 1.807) is 25.3 Å². The largest absolute Gasteiger partial charge is 0.497 e. The zero-order chi connectivity index (χ0) is 15.7. The van der Waals surface area contributed by atoms with Crippen molar-refractivity contribution in [3.8, 4) is 5.75 Å². The first-order valence-corrected chi connectivity index (χ1v) is 7.79. The first kappa shape index (κ1) is 14.9. The molecule has 0 radical (unpaired) electrons. The highest BCUT2D eigenvalue weighted by molar-refractivity contribution is 8.27. The standard InChI is InChI=1S/C16H13NO3S2/c1-10-3-6-13(20-10)9-14-15(18)17(16(21)22-14)11-4-7-12(19-2)8-5-11/h3-9H,1-2H3. The summed E-state index contributed by atoms with van der Waals surface area (Å²) in [4.78, 5) is 14.6. The van der Waals surface area contributed by atoms with Crippen LogP contribution >= 0.6 is 24.0 Å². The molecule has 0 spiro atoms. The number of amides is 1. The highest BCUT2D eigenvalue weighted by Gasteiger charge is 2.33. The van der Waals surface area contributed by atoms with Crippen molar-refractivity contribution >= 4 is 46.0 Å². The maximum Gasteiger partial charge on any atom is 0.270 e. The quantitative estimate of drug-likeness (QED) is 0.628. The lowest BCUT2D eigenvalue weighted by molar-refractivity contribution is -0.113. The molecule has 1 aliphatic rings. The van der Waals surface area contributed by atoms with Gasteiger partial charge in [0.1, 0.15) is 17.3 Å². The third-order valence-electron chi connectivity index (χ3n) is 3.16. The number of nitrogens with zero attached hydrogens (tertiary/aromatic N) is 1. The van der Waals surface area contributed by atoms with Crippen molar-refractivity contribution in [1.82, 2.24) is 0 Å². The number of benzene rings is 1. The summed E-state index contributed by atoms with van der Waals surface area (Å²) in [5.41, 5.74) is 0.724. The molecule has 22 heavy (non-hydrogen) atoms. The summed E-state index contributed by atoms with van der Waals surface area (Å²) in [7, 11) is 1.60. The monoisotopic (exact) mass is 331 g/mol. The number of thiocarbonyl (C=S) groups is 1. The Labute approximate surface area is 137 Å². The van der Waals surface area contributed by atoms with E-state index in [1.165, 1.54) is 16.7 Å². The molecule has 0 aliphatic carbocycles. The molecule has 0 atom stereocenters. The van der Waals surface area contributed by atoms with Crippen LogP contribution in [-0.4, -0.2) is 17.3 Å². The smallest absolute Gasteiger partial charge is 0.270 e. The number of aryl methyl sites for hydroxylation is 1. The number of anilines is 1. The predicted molar refractivity (Wildman–Crippen MR) is 92.1 cm³/mol. The van der Waals surface area contributed by atoms with Crippen molar-refractivity contribution < 1.29 is 13.9 Å². The Hall–Kier alpha value is -2.05. The number of carbonyl (C=O) groups excluding carboxylic acids is 1. The lowest BCUT2D eigenvalue weighted by Gasteiger charge is -2.14. The van der Waals surface area contributed by atoms with Gasteiger partial charge in [0.15, 0.2) is 4.32 Å². The number of ether oxygens (including phenoxy) is 1. The summed E-state index contributed by atoms with van der Waals surface area (Å²) in [6.45, 7) is 1.86.